The van der Waals surface area contributed by atoms with Crippen LogP contribution < -0.4 is 10.8 Å². The predicted molar refractivity (Wildman–Crippen MR) is 62.1 cm³/mol. The molecule has 0 bridgehead atoms. The minimum absolute atomic E-state index is 0.0182. The van der Waals surface area contributed by atoms with Crippen molar-refractivity contribution in [3.63, 3.8) is 0 Å². The highest BCUT2D eigenvalue weighted by molar-refractivity contribution is 8.76. The predicted octanol–water partition coefficient (Wildman–Crippen LogP) is -1.86. The lowest BCUT2D eigenvalue weighted by atomic mass is 10.3. The summed E-state index contributed by atoms with van der Waals surface area (Å²) < 4.78 is 4.83. The third-order valence-corrected chi connectivity index (χ3v) is 3.90. The summed E-state index contributed by atoms with van der Waals surface area (Å²) in [7, 11) is 5.04. The molecule has 0 aliphatic rings. The molecule has 4 nitrogen and oxygen atoms in total. The van der Waals surface area contributed by atoms with Gasteiger partial charge in [0.2, 0.25) is 0 Å². The van der Waals surface area contributed by atoms with Gasteiger partial charge in [0.1, 0.15) is 6.61 Å². The molecule has 14 heavy (non-hydrogen) atoms. The van der Waals surface area contributed by atoms with Crippen LogP contribution in [0.5, 0.6) is 0 Å². The zero-order chi connectivity index (χ0) is 10.8. The number of ether oxygens (including phenoxy) is 1. The average Bonchev–Trinajstić information content (AvgIpc) is 2.22. The number of rotatable bonds is 8. The summed E-state index contributed by atoms with van der Waals surface area (Å²) in [6.45, 7) is -0.0182. The minimum Gasteiger partial charge on any atom is -0.451 e. The monoisotopic (exact) mass is 238 g/mol. The summed E-state index contributed by atoms with van der Waals surface area (Å²) in [6, 6.07) is 0. The fourth-order valence-electron chi connectivity index (χ4n) is 0.614. The van der Waals surface area contributed by atoms with Crippen LogP contribution in [0.4, 0.5) is 0 Å². The van der Waals surface area contributed by atoms with Crippen LogP contribution in [0.1, 0.15) is 12.8 Å². The van der Waals surface area contributed by atoms with E-state index in [2.05, 4.69) is 0 Å². The Labute approximate surface area is 92.2 Å². The van der Waals surface area contributed by atoms with E-state index in [0.717, 1.165) is 24.3 Å². The molecule has 0 radical (unpaired) electrons. The highest BCUT2D eigenvalue weighted by Gasteiger charge is 2.03. The number of aliphatic hydroxyl groups excluding tert-OH is 1. The Hall–Kier alpha value is -0.200. The number of nitrogens with two attached hydrogens (primary N) is 2. The van der Waals surface area contributed by atoms with Gasteiger partial charge in [-0.2, -0.15) is 0 Å². The van der Waals surface area contributed by atoms with Crippen molar-refractivity contribution in [2.45, 2.75) is 12.8 Å². The summed E-state index contributed by atoms with van der Waals surface area (Å²) in [5.74, 6) is 2.42. The maximum atomic E-state index is 8.63. The summed E-state index contributed by atoms with van der Waals surface area (Å²) in [4.78, 5) is 0. The lowest BCUT2D eigenvalue weighted by molar-refractivity contribution is -0.140. The van der Waals surface area contributed by atoms with Gasteiger partial charge in [-0.1, -0.05) is 21.6 Å². The first kappa shape index (κ1) is 13.8. The molecule has 0 spiro atoms. The fourth-order valence-corrected chi connectivity index (χ4v) is 2.69. The largest absolute Gasteiger partial charge is 0.451 e. The van der Waals surface area contributed by atoms with Crippen LogP contribution in [-0.2, 0) is 4.74 Å². The molecular formula is C8H18N2O2S2+2. The van der Waals surface area contributed by atoms with Crippen LogP contribution in [0, 0.1) is 0 Å². The molecule has 0 saturated carbocycles. The van der Waals surface area contributed by atoms with Crippen molar-refractivity contribution in [1.82, 2.24) is 0 Å². The molecular weight excluding hydrogens is 220 g/mol. The molecule has 0 saturated heterocycles. The van der Waals surface area contributed by atoms with E-state index in [0.29, 0.717) is 11.6 Å². The van der Waals surface area contributed by atoms with Gasteiger partial charge in [-0.15, -0.1) is 0 Å². The highest BCUT2D eigenvalue weighted by atomic mass is 33.1. The smallest absolute Gasteiger partial charge is 0.333 e. The molecule has 6 heteroatoms. The van der Waals surface area contributed by atoms with Crippen LogP contribution in [0.2, 0.25) is 0 Å². The first-order valence-electron chi connectivity index (χ1n) is 4.31. The second-order valence-corrected chi connectivity index (χ2v) is 5.33. The first-order chi connectivity index (χ1) is 6.70. The van der Waals surface area contributed by atoms with Crippen LogP contribution in [0.15, 0.2) is 0 Å². The van der Waals surface area contributed by atoms with Crippen molar-refractivity contribution in [2.24, 2.45) is 0 Å². The van der Waals surface area contributed by atoms with Gasteiger partial charge in [-0.25, -0.2) is 5.41 Å². The topological polar surface area (TPSA) is 80.6 Å². The number of hydrogen-bond donors (Lipinski definition) is 3. The zero-order valence-electron chi connectivity index (χ0n) is 8.36. The fraction of sp³-hybridized carbons (Fsp3) is 0.750. The molecule has 0 unspecified atom stereocenters. The van der Waals surface area contributed by atoms with Gasteiger partial charge in [0.15, 0.2) is 5.71 Å². The van der Waals surface area contributed by atoms with Crippen LogP contribution in [-0.4, -0.2) is 41.9 Å². The molecule has 0 heterocycles. The molecule has 0 aliphatic heterocycles. The third kappa shape index (κ3) is 8.40. The van der Waals surface area contributed by atoms with E-state index >= 15 is 0 Å². The van der Waals surface area contributed by atoms with E-state index in [-0.39, 0.29) is 6.61 Å². The maximum absolute atomic E-state index is 8.63. The lowest BCUT2D eigenvalue weighted by Crippen LogP contribution is -2.42. The van der Waals surface area contributed by atoms with Crippen LogP contribution in [0.3, 0.4) is 0 Å². The van der Waals surface area contributed by atoms with E-state index in [4.69, 9.17) is 20.7 Å². The molecule has 0 aromatic rings. The average molecular weight is 238 g/mol. The standard InChI is InChI=1S/C8H16N2O2S2/c1-12-8(10)3-5-14-13-4-2-7(9)6-11/h9-11H,2-6H2,1H3/p+2. The van der Waals surface area contributed by atoms with E-state index < -0.39 is 0 Å². The zero-order valence-corrected chi connectivity index (χ0v) is 10.00. The normalized spacial score (nSPS) is 9.86. The quantitative estimate of drug-likeness (QED) is 0.201. The summed E-state index contributed by atoms with van der Waals surface area (Å²) >= 11 is 0. The van der Waals surface area contributed by atoms with Crippen molar-refractivity contribution >= 4 is 33.2 Å². The van der Waals surface area contributed by atoms with E-state index in [1.807, 2.05) is 0 Å². The second kappa shape index (κ2) is 9.36. The molecule has 5 N–H and O–H groups in total. The van der Waals surface area contributed by atoms with Crippen LogP contribution >= 0.6 is 21.6 Å². The molecule has 0 amide bonds. The van der Waals surface area contributed by atoms with Gasteiger partial charge in [-0.3, -0.25) is 5.41 Å². The molecule has 82 valence electrons. The SMILES string of the molecule is COC(=[NH2+])CCSSCCC(=[NH2+])CO. The maximum Gasteiger partial charge on any atom is 0.333 e. The Morgan fingerprint density at radius 2 is 1.79 bits per heavy atom. The van der Waals surface area contributed by atoms with Crippen molar-refractivity contribution in [1.29, 1.82) is 0 Å². The molecule has 0 fully saturated rings. The first-order valence-corrected chi connectivity index (χ1v) is 6.80. The Kier molecular flexibility index (Phi) is 9.23. The van der Waals surface area contributed by atoms with Crippen molar-refractivity contribution in [3.05, 3.63) is 0 Å². The van der Waals surface area contributed by atoms with E-state index in [9.17, 15) is 0 Å². The molecule has 0 atom stereocenters. The number of aliphatic hydroxyl groups is 1. The van der Waals surface area contributed by atoms with Gasteiger partial charge in [0, 0.05) is 17.9 Å². The lowest BCUT2D eigenvalue weighted by Gasteiger charge is -1.98. The second-order valence-electron chi connectivity index (χ2n) is 2.63. The Morgan fingerprint density at radius 3 is 2.29 bits per heavy atom. The van der Waals surface area contributed by atoms with Gasteiger partial charge in [0.25, 0.3) is 0 Å². The Morgan fingerprint density at radius 1 is 1.21 bits per heavy atom. The van der Waals surface area contributed by atoms with Gasteiger partial charge in [-0.05, 0) is 0 Å². The summed E-state index contributed by atoms with van der Waals surface area (Å²) in [5.41, 5.74) is 0.640. The molecule has 0 aromatic heterocycles. The molecule has 0 rings (SSSR count). The molecule has 0 aliphatic carbocycles. The molecule has 0 aromatic carbocycles. The summed E-state index contributed by atoms with van der Waals surface area (Å²) in [6.07, 6.45) is 1.53. The third-order valence-electron chi connectivity index (χ3n) is 1.49. The highest BCUT2D eigenvalue weighted by Crippen LogP contribution is 2.22. The van der Waals surface area contributed by atoms with E-state index in [1.165, 1.54) is 0 Å². The van der Waals surface area contributed by atoms with Gasteiger partial charge in [0.05, 0.1) is 13.5 Å². The van der Waals surface area contributed by atoms with Gasteiger partial charge >= 0.3 is 5.90 Å². The Bertz CT molecular complexity index is 168. The van der Waals surface area contributed by atoms with E-state index in [1.54, 1.807) is 28.7 Å². The summed E-state index contributed by atoms with van der Waals surface area (Å²) in [5, 5.41) is 19.6. The Balaban J connectivity index is 3.14. The number of hydrogen-bond acceptors (Lipinski definition) is 4. The minimum atomic E-state index is -0.0182. The van der Waals surface area contributed by atoms with Crippen molar-refractivity contribution in [3.8, 4) is 0 Å². The van der Waals surface area contributed by atoms with Crippen molar-refractivity contribution < 1.29 is 20.7 Å². The number of methoxy groups -OCH3 is 1. The van der Waals surface area contributed by atoms with Crippen LogP contribution in [0.25, 0.3) is 0 Å². The van der Waals surface area contributed by atoms with Gasteiger partial charge < -0.3 is 9.84 Å². The van der Waals surface area contributed by atoms with Crippen molar-refractivity contribution in [2.75, 3.05) is 25.2 Å².